The summed E-state index contributed by atoms with van der Waals surface area (Å²) in [5.41, 5.74) is 2.93. The van der Waals surface area contributed by atoms with Gasteiger partial charge in [-0.15, -0.1) is 5.10 Å². The Kier molecular flexibility index (Phi) is 4.44. The smallest absolute Gasteiger partial charge is 0.255 e. The van der Waals surface area contributed by atoms with Gasteiger partial charge in [-0.3, -0.25) is 19.7 Å². The predicted molar refractivity (Wildman–Crippen MR) is 93.0 cm³/mol. The Morgan fingerprint density at radius 2 is 2.15 bits per heavy atom. The van der Waals surface area contributed by atoms with Crippen molar-refractivity contribution in [3.05, 3.63) is 41.2 Å². The number of rotatable bonds is 5. The quantitative estimate of drug-likeness (QED) is 0.756. The standard InChI is InChI=1S/C18H19N5O4/c1-27-7-6-12-10-23(21-20-12)13-3-2-11-9-22(18(26)14(11)8-13)15-4-5-16(24)19-17(15)25/h2-3,8,10,15H,4-7,9H2,1H3,(H,19,24,25). The van der Waals surface area contributed by atoms with Gasteiger partial charge in [-0.2, -0.15) is 0 Å². The molecule has 0 bridgehead atoms. The largest absolute Gasteiger partial charge is 0.384 e. The molecule has 1 fully saturated rings. The van der Waals surface area contributed by atoms with Crippen LogP contribution in [-0.4, -0.2) is 57.4 Å². The number of fused-ring (bicyclic) bond motifs is 1. The van der Waals surface area contributed by atoms with E-state index < -0.39 is 11.9 Å². The normalized spacial score (nSPS) is 19.4. The highest BCUT2D eigenvalue weighted by atomic mass is 16.5. The van der Waals surface area contributed by atoms with E-state index in [1.54, 1.807) is 24.1 Å². The Balaban J connectivity index is 1.55. The third kappa shape index (κ3) is 3.21. The number of methoxy groups -OCH3 is 1. The van der Waals surface area contributed by atoms with Gasteiger partial charge in [-0.1, -0.05) is 11.3 Å². The number of hydrogen-bond acceptors (Lipinski definition) is 6. The number of benzene rings is 1. The zero-order chi connectivity index (χ0) is 19.0. The van der Waals surface area contributed by atoms with Crippen LogP contribution in [0.4, 0.5) is 0 Å². The Morgan fingerprint density at radius 3 is 2.93 bits per heavy atom. The maximum absolute atomic E-state index is 12.9. The summed E-state index contributed by atoms with van der Waals surface area (Å²) < 4.78 is 6.66. The minimum atomic E-state index is -0.613. The first-order valence-electron chi connectivity index (χ1n) is 8.75. The van der Waals surface area contributed by atoms with Gasteiger partial charge < -0.3 is 9.64 Å². The van der Waals surface area contributed by atoms with Gasteiger partial charge >= 0.3 is 0 Å². The Bertz CT molecular complexity index is 922. The van der Waals surface area contributed by atoms with Gasteiger partial charge in [0.1, 0.15) is 6.04 Å². The molecule has 4 rings (SSSR count). The minimum Gasteiger partial charge on any atom is -0.384 e. The summed E-state index contributed by atoms with van der Waals surface area (Å²) in [6.07, 6.45) is 3.05. The molecule has 140 valence electrons. The number of nitrogens with zero attached hydrogens (tertiary/aromatic N) is 4. The lowest BCUT2D eigenvalue weighted by atomic mass is 10.0. The van der Waals surface area contributed by atoms with Crippen LogP contribution in [0.1, 0.15) is 34.5 Å². The first-order valence-corrected chi connectivity index (χ1v) is 8.75. The van der Waals surface area contributed by atoms with Crippen molar-refractivity contribution in [2.45, 2.75) is 31.8 Å². The van der Waals surface area contributed by atoms with Gasteiger partial charge in [0, 0.05) is 32.1 Å². The van der Waals surface area contributed by atoms with E-state index in [1.807, 2.05) is 12.1 Å². The second-order valence-electron chi connectivity index (χ2n) is 6.64. The molecule has 1 aromatic heterocycles. The zero-order valence-corrected chi connectivity index (χ0v) is 14.8. The van der Waals surface area contributed by atoms with Crippen LogP contribution in [0.15, 0.2) is 24.4 Å². The lowest BCUT2D eigenvalue weighted by Crippen LogP contribution is -2.52. The number of amides is 3. The fraction of sp³-hybridized carbons (Fsp3) is 0.389. The van der Waals surface area contributed by atoms with Crippen molar-refractivity contribution in [3.63, 3.8) is 0 Å². The molecule has 3 amide bonds. The Morgan fingerprint density at radius 1 is 1.30 bits per heavy atom. The molecule has 1 aromatic carbocycles. The fourth-order valence-corrected chi connectivity index (χ4v) is 3.43. The van der Waals surface area contributed by atoms with E-state index in [9.17, 15) is 14.4 Å². The molecule has 0 saturated carbocycles. The van der Waals surface area contributed by atoms with Crippen LogP contribution >= 0.6 is 0 Å². The van der Waals surface area contributed by atoms with Crippen LogP contribution in [-0.2, 0) is 27.3 Å². The van der Waals surface area contributed by atoms with Gasteiger partial charge in [0.05, 0.1) is 24.2 Å². The highest BCUT2D eigenvalue weighted by molar-refractivity contribution is 6.05. The van der Waals surface area contributed by atoms with Crippen LogP contribution in [0.2, 0.25) is 0 Å². The maximum atomic E-state index is 12.9. The average Bonchev–Trinajstić information content (AvgIpc) is 3.25. The van der Waals surface area contributed by atoms with Gasteiger partial charge in [-0.25, -0.2) is 4.68 Å². The topological polar surface area (TPSA) is 106 Å². The maximum Gasteiger partial charge on any atom is 0.255 e. The first kappa shape index (κ1) is 17.3. The number of imide groups is 1. The summed E-state index contributed by atoms with van der Waals surface area (Å²) in [6, 6.07) is 4.89. The van der Waals surface area contributed by atoms with Crippen molar-refractivity contribution in [2.24, 2.45) is 0 Å². The van der Waals surface area contributed by atoms with Crippen LogP contribution in [0.5, 0.6) is 0 Å². The van der Waals surface area contributed by atoms with Gasteiger partial charge in [0.2, 0.25) is 11.8 Å². The Hall–Kier alpha value is -3.07. The van der Waals surface area contributed by atoms with E-state index in [2.05, 4.69) is 15.6 Å². The van der Waals surface area contributed by atoms with Crippen molar-refractivity contribution in [2.75, 3.05) is 13.7 Å². The summed E-state index contributed by atoms with van der Waals surface area (Å²) in [5, 5.41) is 10.5. The molecular weight excluding hydrogens is 350 g/mol. The second kappa shape index (κ2) is 6.92. The highest BCUT2D eigenvalue weighted by Crippen LogP contribution is 2.28. The van der Waals surface area contributed by atoms with Crippen molar-refractivity contribution >= 4 is 17.7 Å². The molecule has 1 atom stereocenters. The molecule has 2 aliphatic heterocycles. The fourth-order valence-electron chi connectivity index (χ4n) is 3.43. The van der Waals surface area contributed by atoms with E-state index in [-0.39, 0.29) is 18.2 Å². The van der Waals surface area contributed by atoms with Crippen molar-refractivity contribution in [1.29, 1.82) is 0 Å². The summed E-state index contributed by atoms with van der Waals surface area (Å²) in [4.78, 5) is 37.8. The lowest BCUT2D eigenvalue weighted by molar-refractivity contribution is -0.136. The molecule has 0 radical (unpaired) electrons. The number of aromatic nitrogens is 3. The van der Waals surface area contributed by atoms with Crippen LogP contribution in [0.25, 0.3) is 5.69 Å². The molecule has 1 unspecified atom stereocenters. The van der Waals surface area contributed by atoms with Crippen molar-refractivity contribution in [3.8, 4) is 5.69 Å². The van der Waals surface area contributed by atoms with Crippen LogP contribution in [0.3, 0.4) is 0 Å². The number of carbonyl (C=O) groups excluding carboxylic acids is 3. The third-order valence-corrected chi connectivity index (χ3v) is 4.88. The zero-order valence-electron chi connectivity index (χ0n) is 14.8. The van der Waals surface area contributed by atoms with Crippen molar-refractivity contribution < 1.29 is 19.1 Å². The van der Waals surface area contributed by atoms with Gasteiger partial charge in [0.15, 0.2) is 0 Å². The SMILES string of the molecule is COCCc1cn(-c2ccc3c(c2)C(=O)N(C2CCC(=O)NC2=O)C3)nn1. The number of piperidine rings is 1. The van der Waals surface area contributed by atoms with E-state index in [1.165, 1.54) is 4.90 Å². The number of hydrogen-bond donors (Lipinski definition) is 1. The highest BCUT2D eigenvalue weighted by Gasteiger charge is 2.39. The van der Waals surface area contributed by atoms with Crippen LogP contribution < -0.4 is 5.32 Å². The van der Waals surface area contributed by atoms with Gasteiger partial charge in [0.25, 0.3) is 5.91 Å². The van der Waals surface area contributed by atoms with E-state index in [0.717, 1.165) is 16.9 Å². The molecule has 2 aromatic rings. The molecule has 0 spiro atoms. The van der Waals surface area contributed by atoms with E-state index >= 15 is 0 Å². The molecule has 3 heterocycles. The summed E-state index contributed by atoms with van der Waals surface area (Å²) in [5.74, 6) is -0.911. The number of carbonyl (C=O) groups is 3. The monoisotopic (exact) mass is 369 g/mol. The van der Waals surface area contributed by atoms with E-state index in [4.69, 9.17) is 4.74 Å². The molecule has 9 nitrogen and oxygen atoms in total. The molecule has 27 heavy (non-hydrogen) atoms. The second-order valence-corrected chi connectivity index (χ2v) is 6.64. The number of nitrogens with one attached hydrogen (secondary N) is 1. The predicted octanol–water partition coefficient (Wildman–Crippen LogP) is 0.217. The number of ether oxygens (including phenoxy) is 1. The summed E-state index contributed by atoms with van der Waals surface area (Å²) >= 11 is 0. The molecule has 9 heteroatoms. The van der Waals surface area contributed by atoms with Crippen molar-refractivity contribution in [1.82, 2.24) is 25.2 Å². The average molecular weight is 369 g/mol. The van der Waals surface area contributed by atoms with Crippen LogP contribution in [0, 0.1) is 0 Å². The summed E-state index contributed by atoms with van der Waals surface area (Å²) in [7, 11) is 1.63. The molecule has 0 aliphatic carbocycles. The molecule has 1 saturated heterocycles. The molecule has 2 aliphatic rings. The molecule has 1 N–H and O–H groups in total. The first-order chi connectivity index (χ1) is 13.1. The third-order valence-electron chi connectivity index (χ3n) is 4.88. The minimum absolute atomic E-state index is 0.207. The Labute approximate surface area is 155 Å². The van der Waals surface area contributed by atoms with Gasteiger partial charge in [-0.05, 0) is 24.1 Å². The lowest BCUT2D eigenvalue weighted by Gasteiger charge is -2.29. The summed E-state index contributed by atoms with van der Waals surface area (Å²) in [6.45, 7) is 0.916. The van der Waals surface area contributed by atoms with E-state index in [0.29, 0.717) is 31.6 Å². The molecular formula is C18H19N5O4.